The molecule has 2 unspecified atom stereocenters. The zero-order valence-corrected chi connectivity index (χ0v) is 8.54. The van der Waals surface area contributed by atoms with E-state index in [1.807, 2.05) is 0 Å². The molecular weight excluding hydrogens is 182 g/mol. The second-order valence-corrected chi connectivity index (χ2v) is 3.86. The van der Waals surface area contributed by atoms with Crippen LogP contribution in [-0.2, 0) is 14.2 Å². The third-order valence-corrected chi connectivity index (χ3v) is 2.62. The Bertz CT molecular complexity index is 135. The highest BCUT2D eigenvalue weighted by Crippen LogP contribution is 2.13. The number of hydrogen-bond acceptors (Lipinski definition) is 4. The molecule has 0 aliphatic carbocycles. The molecule has 2 atom stereocenters. The zero-order valence-electron chi connectivity index (χ0n) is 8.54. The topological polar surface area (TPSA) is 39.7 Å². The maximum atomic E-state index is 5.66. The summed E-state index contributed by atoms with van der Waals surface area (Å²) in [6.45, 7) is 4.05. The van der Waals surface area contributed by atoms with E-state index in [1.54, 1.807) is 0 Å². The largest absolute Gasteiger partial charge is 0.378 e. The Morgan fingerprint density at radius 2 is 2.29 bits per heavy atom. The lowest BCUT2D eigenvalue weighted by Gasteiger charge is -2.27. The molecule has 0 aromatic rings. The summed E-state index contributed by atoms with van der Waals surface area (Å²) >= 11 is 0. The van der Waals surface area contributed by atoms with Crippen molar-refractivity contribution in [1.82, 2.24) is 5.32 Å². The summed E-state index contributed by atoms with van der Waals surface area (Å²) in [5.74, 6) is 0. The summed E-state index contributed by atoms with van der Waals surface area (Å²) in [4.78, 5) is 0. The summed E-state index contributed by atoms with van der Waals surface area (Å²) in [6, 6.07) is 0.342. The first kappa shape index (κ1) is 10.4. The molecule has 0 saturated carbocycles. The third-order valence-electron chi connectivity index (χ3n) is 2.62. The van der Waals surface area contributed by atoms with Gasteiger partial charge < -0.3 is 19.5 Å². The van der Waals surface area contributed by atoms with Crippen molar-refractivity contribution in [2.45, 2.75) is 31.6 Å². The van der Waals surface area contributed by atoms with E-state index in [1.165, 1.54) is 12.8 Å². The average molecular weight is 201 g/mol. The quantitative estimate of drug-likeness (QED) is 0.722. The van der Waals surface area contributed by atoms with Gasteiger partial charge >= 0.3 is 0 Å². The number of nitrogens with one attached hydrogen (secondary N) is 1. The molecule has 2 aliphatic heterocycles. The maximum Gasteiger partial charge on any atom is 0.157 e. The Morgan fingerprint density at radius 3 is 3.00 bits per heavy atom. The lowest BCUT2D eigenvalue weighted by atomic mass is 10.2. The smallest absolute Gasteiger partial charge is 0.157 e. The summed E-state index contributed by atoms with van der Waals surface area (Å²) in [6.07, 6.45) is 3.45. The molecule has 14 heavy (non-hydrogen) atoms. The minimum atomic E-state index is 0.0208. The van der Waals surface area contributed by atoms with Crippen LogP contribution in [0.25, 0.3) is 0 Å². The molecule has 0 aromatic carbocycles. The fourth-order valence-corrected chi connectivity index (χ4v) is 1.79. The van der Waals surface area contributed by atoms with Gasteiger partial charge in [0.25, 0.3) is 0 Å². The van der Waals surface area contributed by atoms with Crippen molar-refractivity contribution < 1.29 is 14.2 Å². The molecule has 2 fully saturated rings. The first-order chi connectivity index (χ1) is 6.95. The number of rotatable bonds is 3. The molecule has 0 amide bonds. The Morgan fingerprint density at radius 1 is 1.29 bits per heavy atom. The monoisotopic (exact) mass is 201 g/mol. The van der Waals surface area contributed by atoms with Gasteiger partial charge in [-0.2, -0.15) is 0 Å². The van der Waals surface area contributed by atoms with Crippen molar-refractivity contribution in [3.8, 4) is 0 Å². The summed E-state index contributed by atoms with van der Waals surface area (Å²) in [5, 5.41) is 3.35. The van der Waals surface area contributed by atoms with Crippen molar-refractivity contribution >= 4 is 0 Å². The molecule has 0 aromatic heterocycles. The van der Waals surface area contributed by atoms with Crippen molar-refractivity contribution in [2.75, 3.05) is 33.0 Å². The summed E-state index contributed by atoms with van der Waals surface area (Å²) < 4.78 is 16.5. The molecular formula is C10H19NO3. The average Bonchev–Trinajstić information content (AvgIpc) is 2.29. The third kappa shape index (κ3) is 3.20. The van der Waals surface area contributed by atoms with Gasteiger partial charge in [0.1, 0.15) is 0 Å². The van der Waals surface area contributed by atoms with E-state index < -0.39 is 0 Å². The lowest BCUT2D eigenvalue weighted by Crippen LogP contribution is -2.45. The molecule has 4 nitrogen and oxygen atoms in total. The molecule has 0 bridgehead atoms. The highest BCUT2D eigenvalue weighted by molar-refractivity contribution is 4.69. The van der Waals surface area contributed by atoms with Gasteiger partial charge in [0.05, 0.1) is 25.9 Å². The SMILES string of the molecule is C1CCC(OCC2COCCN2)OC1. The molecule has 1 N–H and O–H groups in total. The van der Waals surface area contributed by atoms with Crippen LogP contribution in [0.4, 0.5) is 0 Å². The van der Waals surface area contributed by atoms with E-state index in [9.17, 15) is 0 Å². The number of hydrogen-bond donors (Lipinski definition) is 1. The Hall–Kier alpha value is -0.160. The van der Waals surface area contributed by atoms with Crippen LogP contribution in [0.2, 0.25) is 0 Å². The Kier molecular flexibility index (Phi) is 4.19. The number of ether oxygens (including phenoxy) is 3. The van der Waals surface area contributed by atoms with Gasteiger partial charge in [-0.15, -0.1) is 0 Å². The van der Waals surface area contributed by atoms with Gasteiger partial charge in [-0.3, -0.25) is 0 Å². The molecule has 0 spiro atoms. The molecule has 0 radical (unpaired) electrons. The summed E-state index contributed by atoms with van der Waals surface area (Å²) in [5.41, 5.74) is 0. The Balaban J connectivity index is 1.60. The highest BCUT2D eigenvalue weighted by Gasteiger charge is 2.18. The second-order valence-electron chi connectivity index (χ2n) is 3.86. The Labute approximate surface area is 84.9 Å². The zero-order chi connectivity index (χ0) is 9.64. The van der Waals surface area contributed by atoms with E-state index >= 15 is 0 Å². The highest BCUT2D eigenvalue weighted by atomic mass is 16.7. The van der Waals surface area contributed by atoms with Gasteiger partial charge in [0.15, 0.2) is 6.29 Å². The molecule has 4 heteroatoms. The standard InChI is InChI=1S/C10H19NO3/c1-2-5-13-10(3-1)14-8-9-7-12-6-4-11-9/h9-11H,1-8H2. The van der Waals surface area contributed by atoms with Crippen LogP contribution < -0.4 is 5.32 Å². The molecule has 2 saturated heterocycles. The predicted octanol–water partition coefficient (Wildman–Crippen LogP) is 0.518. The second kappa shape index (κ2) is 5.66. The minimum absolute atomic E-state index is 0.0208. The predicted molar refractivity (Wildman–Crippen MR) is 52.2 cm³/mol. The number of morpholine rings is 1. The van der Waals surface area contributed by atoms with Crippen LogP contribution in [0.5, 0.6) is 0 Å². The van der Waals surface area contributed by atoms with Gasteiger partial charge in [0, 0.05) is 13.2 Å². The van der Waals surface area contributed by atoms with E-state index in [0.29, 0.717) is 12.6 Å². The van der Waals surface area contributed by atoms with Crippen molar-refractivity contribution in [3.05, 3.63) is 0 Å². The molecule has 2 heterocycles. The van der Waals surface area contributed by atoms with Gasteiger partial charge in [0.2, 0.25) is 0 Å². The van der Waals surface area contributed by atoms with Gasteiger partial charge in [-0.25, -0.2) is 0 Å². The molecule has 82 valence electrons. The first-order valence-electron chi connectivity index (χ1n) is 5.49. The summed E-state index contributed by atoms with van der Waals surface area (Å²) in [7, 11) is 0. The first-order valence-corrected chi connectivity index (χ1v) is 5.49. The van der Waals surface area contributed by atoms with Gasteiger partial charge in [-0.1, -0.05) is 0 Å². The maximum absolute atomic E-state index is 5.66. The molecule has 2 aliphatic rings. The fraction of sp³-hybridized carbons (Fsp3) is 1.00. The van der Waals surface area contributed by atoms with Crippen LogP contribution >= 0.6 is 0 Å². The van der Waals surface area contributed by atoms with Crippen LogP contribution in [-0.4, -0.2) is 45.3 Å². The van der Waals surface area contributed by atoms with Crippen molar-refractivity contribution in [3.63, 3.8) is 0 Å². The van der Waals surface area contributed by atoms with Crippen molar-refractivity contribution in [1.29, 1.82) is 0 Å². The van der Waals surface area contributed by atoms with Crippen LogP contribution in [0, 0.1) is 0 Å². The fourth-order valence-electron chi connectivity index (χ4n) is 1.79. The van der Waals surface area contributed by atoms with Gasteiger partial charge in [-0.05, 0) is 19.3 Å². The van der Waals surface area contributed by atoms with E-state index in [4.69, 9.17) is 14.2 Å². The van der Waals surface area contributed by atoms with E-state index in [-0.39, 0.29) is 6.29 Å². The molecule has 2 rings (SSSR count). The van der Waals surface area contributed by atoms with Crippen LogP contribution in [0.3, 0.4) is 0 Å². The van der Waals surface area contributed by atoms with E-state index in [2.05, 4.69) is 5.32 Å². The van der Waals surface area contributed by atoms with Crippen molar-refractivity contribution in [2.24, 2.45) is 0 Å². The minimum Gasteiger partial charge on any atom is -0.378 e. The van der Waals surface area contributed by atoms with E-state index in [0.717, 1.165) is 32.8 Å². The van der Waals surface area contributed by atoms with Crippen LogP contribution in [0.1, 0.15) is 19.3 Å². The normalized spacial score (nSPS) is 34.3. The lowest BCUT2D eigenvalue weighted by molar-refractivity contribution is -0.169. The van der Waals surface area contributed by atoms with Crippen LogP contribution in [0.15, 0.2) is 0 Å².